The number of hydrogen-bond donors (Lipinski definition) is 0. The zero-order valence-corrected chi connectivity index (χ0v) is 27.3. The molecular formula is C39H51N3. The zero-order chi connectivity index (χ0) is 30.0. The third-order valence-electron chi connectivity index (χ3n) is 9.12. The third-order valence-corrected chi connectivity index (χ3v) is 9.12. The molecule has 0 N–H and O–H groups in total. The Hall–Kier alpha value is -3.07. The summed E-state index contributed by atoms with van der Waals surface area (Å²) in [5.74, 6) is 1.68. The zero-order valence-electron chi connectivity index (χ0n) is 27.3. The predicted molar refractivity (Wildman–Crippen MR) is 181 cm³/mol. The molecule has 2 aliphatic carbocycles. The van der Waals surface area contributed by atoms with E-state index in [-0.39, 0.29) is 0 Å². The molecular weight excluding hydrogens is 510 g/mol. The fourth-order valence-electron chi connectivity index (χ4n) is 6.71. The molecule has 0 saturated heterocycles. The van der Waals surface area contributed by atoms with E-state index in [4.69, 9.17) is 15.0 Å². The number of para-hydroxylation sites is 2. The van der Waals surface area contributed by atoms with Crippen LogP contribution in [0.4, 0.5) is 11.4 Å². The maximum Gasteiger partial charge on any atom is 0.0884 e. The molecule has 0 aliphatic heterocycles. The molecule has 0 spiro atoms. The van der Waals surface area contributed by atoms with Gasteiger partial charge < -0.3 is 0 Å². The van der Waals surface area contributed by atoms with Gasteiger partial charge in [-0.25, -0.2) is 4.98 Å². The van der Waals surface area contributed by atoms with E-state index in [1.807, 2.05) is 0 Å². The summed E-state index contributed by atoms with van der Waals surface area (Å²) in [6.07, 6.45) is 8.80. The second-order valence-corrected chi connectivity index (χ2v) is 13.7. The number of fused-ring (bicyclic) bond motifs is 2. The van der Waals surface area contributed by atoms with Crippen molar-refractivity contribution in [1.82, 2.24) is 4.98 Å². The van der Waals surface area contributed by atoms with E-state index in [0.717, 1.165) is 61.3 Å². The van der Waals surface area contributed by atoms with Gasteiger partial charge in [0.1, 0.15) is 0 Å². The van der Waals surface area contributed by atoms with Crippen molar-refractivity contribution in [2.24, 2.45) is 9.98 Å². The van der Waals surface area contributed by atoms with Crippen molar-refractivity contribution < 1.29 is 0 Å². The second-order valence-electron chi connectivity index (χ2n) is 13.7. The van der Waals surface area contributed by atoms with Gasteiger partial charge in [0.05, 0.1) is 34.2 Å². The van der Waals surface area contributed by atoms with Crippen molar-refractivity contribution in [2.75, 3.05) is 0 Å². The fraction of sp³-hybridized carbons (Fsp3) is 0.513. The Morgan fingerprint density at radius 3 is 1.17 bits per heavy atom. The van der Waals surface area contributed by atoms with Gasteiger partial charge >= 0.3 is 0 Å². The molecule has 1 heterocycles. The molecule has 3 heteroatoms. The molecule has 0 saturated carbocycles. The molecule has 2 aliphatic rings. The van der Waals surface area contributed by atoms with Gasteiger partial charge in [0, 0.05) is 0 Å². The SMILES string of the molecule is CC(C)c1cccc(C(C)C)c1N=C1CCCCc2cc3c(nc21)C(=Nc1c(C(C)C)cccc1C(C)C)CCCC3. The highest BCUT2D eigenvalue weighted by Crippen LogP contribution is 2.38. The first kappa shape index (κ1) is 30.4. The fourth-order valence-corrected chi connectivity index (χ4v) is 6.71. The molecule has 0 atom stereocenters. The van der Waals surface area contributed by atoms with E-state index in [2.05, 4.69) is 97.9 Å². The monoisotopic (exact) mass is 561 g/mol. The molecule has 3 aromatic rings. The van der Waals surface area contributed by atoms with Crippen LogP contribution in [0.25, 0.3) is 0 Å². The van der Waals surface area contributed by atoms with Crippen LogP contribution >= 0.6 is 0 Å². The van der Waals surface area contributed by atoms with E-state index in [1.54, 1.807) is 0 Å². The van der Waals surface area contributed by atoms with Crippen LogP contribution in [-0.4, -0.2) is 16.4 Å². The molecule has 0 amide bonds. The minimum absolute atomic E-state index is 0.420. The summed E-state index contributed by atoms with van der Waals surface area (Å²) in [7, 11) is 0. The molecule has 0 bridgehead atoms. The van der Waals surface area contributed by atoms with Crippen molar-refractivity contribution in [3.05, 3.63) is 87.2 Å². The van der Waals surface area contributed by atoms with E-state index >= 15 is 0 Å². The number of aromatic nitrogens is 1. The Labute approximate surface area is 255 Å². The number of aryl methyl sites for hydroxylation is 2. The minimum Gasteiger partial charge on any atom is -0.251 e. The van der Waals surface area contributed by atoms with Crippen LogP contribution in [0.2, 0.25) is 0 Å². The minimum atomic E-state index is 0.420. The average Bonchev–Trinajstić information content (AvgIpc) is 3.27. The lowest BCUT2D eigenvalue weighted by atomic mass is 9.92. The Balaban J connectivity index is 1.72. The Kier molecular flexibility index (Phi) is 9.45. The number of rotatable bonds is 6. The van der Waals surface area contributed by atoms with Crippen LogP contribution in [0.15, 0.2) is 52.4 Å². The number of nitrogens with zero attached hydrogens (tertiary/aromatic N) is 3. The van der Waals surface area contributed by atoms with Crippen LogP contribution in [0.3, 0.4) is 0 Å². The topological polar surface area (TPSA) is 37.6 Å². The van der Waals surface area contributed by atoms with Gasteiger partial charge in [-0.1, -0.05) is 97.9 Å². The van der Waals surface area contributed by atoms with Gasteiger partial charge in [-0.2, -0.15) is 0 Å². The standard InChI is InChI=1S/C39H51N3/c1-24(2)30-17-13-18-31(25(3)4)38(30)40-34-21-11-9-15-28-23-29-16-10-12-22-35(37(29)42-36(28)34)41-39-32(26(5)6)19-14-20-33(39)27(7)8/h13-14,17-20,23-27H,9-12,15-16,21-22H2,1-8H3. The molecule has 222 valence electrons. The van der Waals surface area contributed by atoms with Crippen LogP contribution in [0, 0.1) is 0 Å². The molecule has 0 fully saturated rings. The molecule has 0 radical (unpaired) electrons. The smallest absolute Gasteiger partial charge is 0.0884 e. The Morgan fingerprint density at radius 1 is 0.500 bits per heavy atom. The lowest BCUT2D eigenvalue weighted by Gasteiger charge is -2.19. The summed E-state index contributed by atoms with van der Waals surface area (Å²) in [5, 5.41) is 0. The Bertz CT molecular complexity index is 1320. The second kappa shape index (κ2) is 13.1. The van der Waals surface area contributed by atoms with Crippen LogP contribution in [-0.2, 0) is 12.8 Å². The predicted octanol–water partition coefficient (Wildman–Crippen LogP) is 11.3. The number of aliphatic imine (C=N–C) groups is 2. The summed E-state index contributed by atoms with van der Waals surface area (Å²) >= 11 is 0. The van der Waals surface area contributed by atoms with Gasteiger partial charge in [0.25, 0.3) is 0 Å². The summed E-state index contributed by atoms with van der Waals surface area (Å²) in [4.78, 5) is 16.6. The highest BCUT2D eigenvalue weighted by Gasteiger charge is 2.25. The third kappa shape index (κ3) is 6.31. The average molecular weight is 562 g/mol. The summed E-state index contributed by atoms with van der Waals surface area (Å²) < 4.78 is 0. The number of hydrogen-bond acceptors (Lipinski definition) is 3. The first-order valence-electron chi connectivity index (χ1n) is 16.6. The van der Waals surface area contributed by atoms with Crippen molar-refractivity contribution in [1.29, 1.82) is 0 Å². The molecule has 3 nitrogen and oxygen atoms in total. The highest BCUT2D eigenvalue weighted by atomic mass is 14.9. The maximum atomic E-state index is 5.57. The van der Waals surface area contributed by atoms with E-state index in [1.165, 1.54) is 57.6 Å². The van der Waals surface area contributed by atoms with Crippen molar-refractivity contribution >= 4 is 22.8 Å². The first-order chi connectivity index (χ1) is 20.2. The molecule has 0 unspecified atom stereocenters. The van der Waals surface area contributed by atoms with Crippen LogP contribution < -0.4 is 0 Å². The van der Waals surface area contributed by atoms with Gasteiger partial charge in [0.2, 0.25) is 0 Å². The summed E-state index contributed by atoms with van der Waals surface area (Å²) in [6, 6.07) is 16.0. The highest BCUT2D eigenvalue weighted by molar-refractivity contribution is 6.06. The summed E-state index contributed by atoms with van der Waals surface area (Å²) in [5.41, 5.74) is 15.0. The summed E-state index contributed by atoms with van der Waals surface area (Å²) in [6.45, 7) is 18.3. The van der Waals surface area contributed by atoms with Gasteiger partial charge in [-0.3, -0.25) is 9.98 Å². The van der Waals surface area contributed by atoms with Gasteiger partial charge in [-0.15, -0.1) is 0 Å². The van der Waals surface area contributed by atoms with Crippen molar-refractivity contribution in [2.45, 2.75) is 130 Å². The molecule has 1 aromatic heterocycles. The number of pyridine rings is 1. The first-order valence-corrected chi connectivity index (χ1v) is 16.6. The largest absolute Gasteiger partial charge is 0.251 e. The lowest BCUT2D eigenvalue weighted by Crippen LogP contribution is -2.14. The quantitative estimate of drug-likeness (QED) is 0.276. The maximum absolute atomic E-state index is 5.57. The van der Waals surface area contributed by atoms with E-state index < -0.39 is 0 Å². The lowest BCUT2D eigenvalue weighted by molar-refractivity contribution is 0.765. The van der Waals surface area contributed by atoms with Crippen LogP contribution in [0.5, 0.6) is 0 Å². The van der Waals surface area contributed by atoms with Gasteiger partial charge in [-0.05, 0) is 108 Å². The molecule has 2 aromatic carbocycles. The molecule has 42 heavy (non-hydrogen) atoms. The van der Waals surface area contributed by atoms with E-state index in [0.29, 0.717) is 23.7 Å². The number of benzene rings is 2. The van der Waals surface area contributed by atoms with Crippen molar-refractivity contribution in [3.8, 4) is 0 Å². The Morgan fingerprint density at radius 2 is 0.833 bits per heavy atom. The van der Waals surface area contributed by atoms with Crippen molar-refractivity contribution in [3.63, 3.8) is 0 Å². The normalized spacial score (nSPS) is 17.7. The van der Waals surface area contributed by atoms with Crippen LogP contribution in [0.1, 0.15) is 162 Å². The molecule has 5 rings (SSSR count). The van der Waals surface area contributed by atoms with Gasteiger partial charge in [0.15, 0.2) is 0 Å². The van der Waals surface area contributed by atoms with E-state index in [9.17, 15) is 0 Å².